The molecule has 1 aliphatic rings. The summed E-state index contributed by atoms with van der Waals surface area (Å²) in [4.78, 5) is 13.3. The van der Waals surface area contributed by atoms with Gasteiger partial charge in [0.25, 0.3) is 0 Å². The molecule has 0 radical (unpaired) electrons. The van der Waals surface area contributed by atoms with Gasteiger partial charge in [0.05, 0.1) is 24.2 Å². The number of likely N-dealkylation sites (tertiary alicyclic amines) is 1. The van der Waals surface area contributed by atoms with Crippen LogP contribution in [0.1, 0.15) is 12.0 Å². The molecule has 2 N–H and O–H groups in total. The zero-order valence-corrected chi connectivity index (χ0v) is 9.97. The first-order valence-corrected chi connectivity index (χ1v) is 6.10. The summed E-state index contributed by atoms with van der Waals surface area (Å²) < 4.78 is 0. The molecule has 1 aromatic heterocycles. The van der Waals surface area contributed by atoms with Crippen LogP contribution in [-0.4, -0.2) is 45.3 Å². The molecule has 1 saturated heterocycles. The van der Waals surface area contributed by atoms with Gasteiger partial charge in [0.15, 0.2) is 0 Å². The molecule has 5 heteroatoms. The molecule has 1 unspecified atom stereocenters. The van der Waals surface area contributed by atoms with Crippen molar-refractivity contribution in [3.63, 3.8) is 0 Å². The Morgan fingerprint density at radius 2 is 2.39 bits per heavy atom. The predicted molar refractivity (Wildman–Crippen MR) is 67.0 cm³/mol. The van der Waals surface area contributed by atoms with Crippen LogP contribution in [0.4, 0.5) is 0 Å². The summed E-state index contributed by atoms with van der Waals surface area (Å²) in [6.07, 6.45) is 2.36. The van der Waals surface area contributed by atoms with E-state index in [1.165, 1.54) is 5.56 Å². The third kappa shape index (κ3) is 2.09. The molecule has 1 fully saturated rings. The lowest BCUT2D eigenvalue weighted by molar-refractivity contribution is -0.127. The molecule has 1 amide bonds. The van der Waals surface area contributed by atoms with Crippen molar-refractivity contribution in [2.45, 2.75) is 18.9 Å². The summed E-state index contributed by atoms with van der Waals surface area (Å²) in [6.45, 7) is 1.13. The number of β-amino-alcohol motifs (C(OH)–C–C–N with tert-alkyl or cyclic N) is 1. The van der Waals surface area contributed by atoms with Crippen molar-refractivity contribution in [3.05, 3.63) is 30.0 Å². The van der Waals surface area contributed by atoms with E-state index >= 15 is 0 Å². The fourth-order valence-electron chi connectivity index (χ4n) is 2.37. The summed E-state index contributed by atoms with van der Waals surface area (Å²) in [7, 11) is 0. The average Bonchev–Trinajstić information content (AvgIpc) is 2.92. The second-order valence-corrected chi connectivity index (χ2v) is 4.74. The molecule has 5 nitrogen and oxygen atoms in total. The van der Waals surface area contributed by atoms with Crippen molar-refractivity contribution in [3.8, 4) is 0 Å². The highest BCUT2D eigenvalue weighted by Crippen LogP contribution is 2.15. The van der Waals surface area contributed by atoms with E-state index in [2.05, 4.69) is 22.3 Å². The second kappa shape index (κ2) is 4.42. The Morgan fingerprint density at radius 3 is 3.17 bits per heavy atom. The van der Waals surface area contributed by atoms with Gasteiger partial charge in [-0.2, -0.15) is 5.10 Å². The summed E-state index contributed by atoms with van der Waals surface area (Å²) >= 11 is 0. The summed E-state index contributed by atoms with van der Waals surface area (Å²) in [5.74, 6) is 0.0464. The number of rotatable bonds is 3. The van der Waals surface area contributed by atoms with Crippen LogP contribution in [0, 0.1) is 0 Å². The van der Waals surface area contributed by atoms with E-state index in [1.807, 2.05) is 6.07 Å². The molecule has 94 valence electrons. The Morgan fingerprint density at radius 1 is 1.50 bits per heavy atom. The van der Waals surface area contributed by atoms with Crippen molar-refractivity contribution < 1.29 is 9.90 Å². The topological polar surface area (TPSA) is 69.2 Å². The molecule has 3 rings (SSSR count). The number of aliphatic hydroxyl groups excluding tert-OH is 1. The standard InChI is InChI=1S/C13H15N3O2/c17-11-6-13(18)16(8-11)4-3-9-1-2-10-7-14-15-12(10)5-9/h1-2,5,7,11,17H,3-4,6,8H2,(H,14,15). The number of H-pyrrole nitrogens is 1. The van der Waals surface area contributed by atoms with E-state index in [1.54, 1.807) is 11.1 Å². The van der Waals surface area contributed by atoms with Crippen LogP contribution in [0.3, 0.4) is 0 Å². The molecule has 0 saturated carbocycles. The van der Waals surface area contributed by atoms with Crippen LogP contribution in [0.2, 0.25) is 0 Å². The molecular weight excluding hydrogens is 230 g/mol. The monoisotopic (exact) mass is 245 g/mol. The first-order chi connectivity index (χ1) is 8.72. The van der Waals surface area contributed by atoms with E-state index in [4.69, 9.17) is 0 Å². The minimum atomic E-state index is -0.493. The highest BCUT2D eigenvalue weighted by atomic mass is 16.3. The highest BCUT2D eigenvalue weighted by molar-refractivity contribution is 5.79. The molecule has 18 heavy (non-hydrogen) atoms. The maximum Gasteiger partial charge on any atom is 0.225 e. The number of fused-ring (bicyclic) bond motifs is 1. The Kier molecular flexibility index (Phi) is 2.76. The number of amides is 1. The van der Waals surface area contributed by atoms with E-state index in [0.29, 0.717) is 13.1 Å². The van der Waals surface area contributed by atoms with Gasteiger partial charge in [0, 0.05) is 18.5 Å². The number of aliphatic hydroxyl groups is 1. The minimum absolute atomic E-state index is 0.0464. The summed E-state index contributed by atoms with van der Waals surface area (Å²) in [5.41, 5.74) is 2.18. The molecule has 1 aromatic carbocycles. The number of carbonyl (C=O) groups excluding carboxylic acids is 1. The van der Waals surface area contributed by atoms with Crippen molar-refractivity contribution in [1.82, 2.24) is 15.1 Å². The molecule has 1 atom stereocenters. The molecule has 2 aromatic rings. The molecule has 1 aliphatic heterocycles. The van der Waals surface area contributed by atoms with Gasteiger partial charge in [-0.1, -0.05) is 12.1 Å². The zero-order chi connectivity index (χ0) is 12.5. The van der Waals surface area contributed by atoms with Crippen LogP contribution < -0.4 is 0 Å². The second-order valence-electron chi connectivity index (χ2n) is 4.74. The maximum absolute atomic E-state index is 11.5. The first kappa shape index (κ1) is 11.2. The lowest BCUT2D eigenvalue weighted by Crippen LogP contribution is -2.28. The number of aromatic nitrogens is 2. The molecule has 0 spiro atoms. The molecule has 0 aliphatic carbocycles. The van der Waals surface area contributed by atoms with Crippen LogP contribution in [0.15, 0.2) is 24.4 Å². The van der Waals surface area contributed by atoms with E-state index < -0.39 is 6.10 Å². The lowest BCUT2D eigenvalue weighted by Gasteiger charge is -2.15. The van der Waals surface area contributed by atoms with Gasteiger partial charge in [-0.15, -0.1) is 0 Å². The number of nitrogens with one attached hydrogen (secondary N) is 1. The summed E-state index contributed by atoms with van der Waals surface area (Å²) in [5, 5.41) is 17.4. The van der Waals surface area contributed by atoms with Gasteiger partial charge >= 0.3 is 0 Å². The predicted octanol–water partition coefficient (Wildman–Crippen LogP) is 0.699. The zero-order valence-electron chi connectivity index (χ0n) is 9.97. The third-order valence-corrected chi connectivity index (χ3v) is 3.37. The number of hydrogen-bond donors (Lipinski definition) is 2. The Balaban J connectivity index is 1.67. The Labute approximate surface area is 104 Å². The van der Waals surface area contributed by atoms with Gasteiger partial charge < -0.3 is 10.0 Å². The largest absolute Gasteiger partial charge is 0.391 e. The van der Waals surface area contributed by atoms with Crippen molar-refractivity contribution >= 4 is 16.8 Å². The highest BCUT2D eigenvalue weighted by Gasteiger charge is 2.27. The van der Waals surface area contributed by atoms with Gasteiger partial charge in [0.2, 0.25) is 5.91 Å². The smallest absolute Gasteiger partial charge is 0.225 e. The van der Waals surface area contributed by atoms with Gasteiger partial charge in [0.1, 0.15) is 0 Å². The number of nitrogens with zero attached hydrogens (tertiary/aromatic N) is 2. The average molecular weight is 245 g/mol. The number of carbonyl (C=O) groups is 1. The van der Waals surface area contributed by atoms with Crippen LogP contribution in [0.25, 0.3) is 10.9 Å². The Bertz CT molecular complexity index is 578. The SMILES string of the molecule is O=C1CC(O)CN1CCc1ccc2cn[nH]c2c1. The number of benzene rings is 1. The number of hydrogen-bond acceptors (Lipinski definition) is 3. The maximum atomic E-state index is 11.5. The fraction of sp³-hybridized carbons (Fsp3) is 0.385. The third-order valence-electron chi connectivity index (χ3n) is 3.37. The van der Waals surface area contributed by atoms with Crippen molar-refractivity contribution in [2.24, 2.45) is 0 Å². The summed E-state index contributed by atoms with van der Waals surface area (Å²) in [6, 6.07) is 6.13. The van der Waals surface area contributed by atoms with E-state index in [-0.39, 0.29) is 12.3 Å². The van der Waals surface area contributed by atoms with Crippen molar-refractivity contribution in [1.29, 1.82) is 0 Å². The van der Waals surface area contributed by atoms with E-state index in [0.717, 1.165) is 17.3 Å². The van der Waals surface area contributed by atoms with Crippen LogP contribution in [0.5, 0.6) is 0 Å². The number of aromatic amines is 1. The van der Waals surface area contributed by atoms with Gasteiger partial charge in [-0.25, -0.2) is 0 Å². The Hall–Kier alpha value is -1.88. The van der Waals surface area contributed by atoms with Crippen LogP contribution in [-0.2, 0) is 11.2 Å². The van der Waals surface area contributed by atoms with Crippen molar-refractivity contribution in [2.75, 3.05) is 13.1 Å². The quantitative estimate of drug-likeness (QED) is 0.836. The first-order valence-electron chi connectivity index (χ1n) is 6.10. The normalized spacial score (nSPS) is 19.9. The molecule has 0 bridgehead atoms. The van der Waals surface area contributed by atoms with Crippen LogP contribution >= 0.6 is 0 Å². The van der Waals surface area contributed by atoms with Gasteiger partial charge in [-0.05, 0) is 18.1 Å². The van der Waals surface area contributed by atoms with E-state index in [9.17, 15) is 9.90 Å². The molecule has 2 heterocycles. The lowest BCUT2D eigenvalue weighted by atomic mass is 10.1. The van der Waals surface area contributed by atoms with Gasteiger partial charge in [-0.3, -0.25) is 9.89 Å². The molecular formula is C13H15N3O2. The fourth-order valence-corrected chi connectivity index (χ4v) is 2.37. The minimum Gasteiger partial charge on any atom is -0.391 e.